The maximum absolute atomic E-state index is 11.0. The molecule has 1 aliphatic rings. The number of rotatable bonds is 3. The first-order chi connectivity index (χ1) is 7.18. The minimum Gasteiger partial charge on any atom is -0.478 e. The minimum absolute atomic E-state index is 0.270. The van der Waals surface area contributed by atoms with Gasteiger partial charge in [-0.15, -0.1) is 11.8 Å². The van der Waals surface area contributed by atoms with Crippen molar-refractivity contribution in [1.29, 1.82) is 0 Å². The Labute approximate surface area is 91.4 Å². The molecule has 1 fully saturated rings. The van der Waals surface area contributed by atoms with Crippen molar-refractivity contribution >= 4 is 23.4 Å². The first-order valence-corrected chi connectivity index (χ1v) is 5.42. The van der Waals surface area contributed by atoms with Gasteiger partial charge in [-0.1, -0.05) is 6.07 Å². The van der Waals surface area contributed by atoms with E-state index in [0.29, 0.717) is 29.0 Å². The minimum atomic E-state index is -0.940. The molecule has 0 unspecified atom stereocenters. The zero-order chi connectivity index (χ0) is 10.8. The van der Waals surface area contributed by atoms with E-state index >= 15 is 0 Å². The Balaban J connectivity index is 2.29. The number of nitrogen functional groups attached to an aromatic ring is 1. The van der Waals surface area contributed by atoms with Crippen LogP contribution in [0.1, 0.15) is 10.4 Å². The van der Waals surface area contributed by atoms with Gasteiger partial charge in [-0.3, -0.25) is 0 Å². The fraction of sp³-hybridized carbons (Fsp3) is 0.300. The van der Waals surface area contributed by atoms with Gasteiger partial charge in [0.15, 0.2) is 0 Å². The highest BCUT2D eigenvalue weighted by Crippen LogP contribution is 2.34. The summed E-state index contributed by atoms with van der Waals surface area (Å²) in [7, 11) is 0. The highest BCUT2D eigenvalue weighted by Gasteiger charge is 2.23. The summed E-state index contributed by atoms with van der Waals surface area (Å²) >= 11 is 1.48. The zero-order valence-corrected chi connectivity index (χ0v) is 8.79. The van der Waals surface area contributed by atoms with Gasteiger partial charge < -0.3 is 15.6 Å². The quantitative estimate of drug-likeness (QED) is 0.762. The lowest BCUT2D eigenvalue weighted by Gasteiger charge is -2.26. The molecule has 0 saturated carbocycles. The Bertz CT molecular complexity index is 390. The number of hydrogen-bond donors (Lipinski definition) is 2. The van der Waals surface area contributed by atoms with Crippen LogP contribution in [-0.4, -0.2) is 29.5 Å². The molecule has 0 aliphatic carbocycles. The molecule has 1 aliphatic heterocycles. The number of benzene rings is 1. The van der Waals surface area contributed by atoms with Crippen molar-refractivity contribution in [3.63, 3.8) is 0 Å². The third-order valence-electron chi connectivity index (χ3n) is 2.17. The van der Waals surface area contributed by atoms with Gasteiger partial charge in [-0.25, -0.2) is 4.79 Å². The Morgan fingerprint density at radius 2 is 2.27 bits per heavy atom. The van der Waals surface area contributed by atoms with Crippen LogP contribution in [0.5, 0.6) is 0 Å². The molecule has 0 atom stereocenters. The summed E-state index contributed by atoms with van der Waals surface area (Å²) in [6.07, 6.45) is 0. The maximum atomic E-state index is 11.0. The maximum Gasteiger partial charge on any atom is 0.336 e. The van der Waals surface area contributed by atoms with Gasteiger partial charge in [0.05, 0.1) is 24.0 Å². The van der Waals surface area contributed by atoms with E-state index in [9.17, 15) is 4.79 Å². The van der Waals surface area contributed by atoms with Crippen molar-refractivity contribution in [2.24, 2.45) is 0 Å². The molecule has 0 spiro atoms. The Morgan fingerprint density at radius 3 is 2.80 bits per heavy atom. The summed E-state index contributed by atoms with van der Waals surface area (Å²) in [5.74, 6) is -0.940. The van der Waals surface area contributed by atoms with Crippen molar-refractivity contribution < 1.29 is 14.6 Å². The van der Waals surface area contributed by atoms with E-state index in [4.69, 9.17) is 15.6 Å². The highest BCUT2D eigenvalue weighted by molar-refractivity contribution is 8.00. The van der Waals surface area contributed by atoms with E-state index in [1.807, 2.05) is 0 Å². The second kappa shape index (κ2) is 4.12. The zero-order valence-electron chi connectivity index (χ0n) is 7.97. The molecule has 1 saturated heterocycles. The van der Waals surface area contributed by atoms with E-state index < -0.39 is 5.97 Å². The summed E-state index contributed by atoms with van der Waals surface area (Å²) in [6, 6.07) is 4.94. The fourth-order valence-corrected chi connectivity index (χ4v) is 2.45. The van der Waals surface area contributed by atoms with Gasteiger partial charge in [0.2, 0.25) is 0 Å². The van der Waals surface area contributed by atoms with E-state index in [2.05, 4.69) is 0 Å². The molecule has 0 aromatic heterocycles. The summed E-state index contributed by atoms with van der Waals surface area (Å²) in [4.78, 5) is 11.6. The topological polar surface area (TPSA) is 72.6 Å². The molecule has 1 heterocycles. The SMILES string of the molecule is Nc1cccc(C(=O)O)c1SC1COC1. The summed E-state index contributed by atoms with van der Waals surface area (Å²) in [5, 5.41) is 9.32. The van der Waals surface area contributed by atoms with Crippen LogP contribution in [-0.2, 0) is 4.74 Å². The number of carbonyl (C=O) groups is 1. The smallest absolute Gasteiger partial charge is 0.336 e. The molecule has 2 rings (SSSR count). The van der Waals surface area contributed by atoms with E-state index in [1.54, 1.807) is 18.2 Å². The number of carboxylic acid groups (broad SMARTS) is 1. The molecular weight excluding hydrogens is 214 g/mol. The first kappa shape index (κ1) is 10.3. The molecule has 15 heavy (non-hydrogen) atoms. The van der Waals surface area contributed by atoms with Crippen LogP contribution in [0.25, 0.3) is 0 Å². The Kier molecular flexibility index (Phi) is 2.83. The molecule has 1 aromatic carbocycles. The largest absolute Gasteiger partial charge is 0.478 e. The van der Waals surface area contributed by atoms with Gasteiger partial charge in [0.1, 0.15) is 0 Å². The lowest BCUT2D eigenvalue weighted by molar-refractivity contribution is 0.0454. The molecule has 1 aromatic rings. The van der Waals surface area contributed by atoms with Crippen molar-refractivity contribution in [3.05, 3.63) is 23.8 Å². The Morgan fingerprint density at radius 1 is 1.53 bits per heavy atom. The predicted octanol–water partition coefficient (Wildman–Crippen LogP) is 1.46. The number of nitrogens with two attached hydrogens (primary N) is 1. The second-order valence-electron chi connectivity index (χ2n) is 3.31. The van der Waals surface area contributed by atoms with Crippen LogP contribution in [0.4, 0.5) is 5.69 Å². The predicted molar refractivity (Wildman–Crippen MR) is 58.3 cm³/mol. The molecular formula is C10H11NO3S. The molecule has 0 bridgehead atoms. The van der Waals surface area contributed by atoms with E-state index in [1.165, 1.54) is 11.8 Å². The first-order valence-electron chi connectivity index (χ1n) is 4.54. The standard InChI is InChI=1S/C10H11NO3S/c11-8-3-1-2-7(10(12)13)9(8)15-6-4-14-5-6/h1-3,6H,4-5,11H2,(H,12,13). The van der Waals surface area contributed by atoms with Gasteiger partial charge in [-0.2, -0.15) is 0 Å². The summed E-state index contributed by atoms with van der Waals surface area (Å²) in [6.45, 7) is 1.33. The van der Waals surface area contributed by atoms with Crippen LogP contribution < -0.4 is 5.73 Å². The number of ether oxygens (including phenoxy) is 1. The van der Waals surface area contributed by atoms with Gasteiger partial charge in [-0.05, 0) is 12.1 Å². The van der Waals surface area contributed by atoms with Gasteiger partial charge >= 0.3 is 5.97 Å². The summed E-state index contributed by atoms with van der Waals surface area (Å²) in [5.41, 5.74) is 6.55. The number of aromatic carboxylic acids is 1. The molecule has 4 nitrogen and oxygen atoms in total. The van der Waals surface area contributed by atoms with Crippen molar-refractivity contribution in [3.8, 4) is 0 Å². The normalized spacial score (nSPS) is 16.0. The number of hydrogen-bond acceptors (Lipinski definition) is 4. The molecule has 0 amide bonds. The van der Waals surface area contributed by atoms with Crippen molar-refractivity contribution in [2.75, 3.05) is 18.9 Å². The number of carboxylic acids is 1. The van der Waals surface area contributed by atoms with Gasteiger partial charge in [0, 0.05) is 10.6 Å². The number of anilines is 1. The van der Waals surface area contributed by atoms with Crippen LogP contribution in [0.3, 0.4) is 0 Å². The molecule has 3 N–H and O–H groups in total. The third kappa shape index (κ3) is 2.08. The van der Waals surface area contributed by atoms with Crippen molar-refractivity contribution in [2.45, 2.75) is 10.1 Å². The third-order valence-corrected chi connectivity index (χ3v) is 3.46. The van der Waals surface area contributed by atoms with Crippen LogP contribution >= 0.6 is 11.8 Å². The van der Waals surface area contributed by atoms with Crippen LogP contribution in [0.15, 0.2) is 23.1 Å². The molecule has 0 radical (unpaired) electrons. The van der Waals surface area contributed by atoms with Crippen LogP contribution in [0, 0.1) is 0 Å². The average molecular weight is 225 g/mol. The highest BCUT2D eigenvalue weighted by atomic mass is 32.2. The molecule has 80 valence electrons. The number of thioether (sulfide) groups is 1. The van der Waals surface area contributed by atoms with Gasteiger partial charge in [0.25, 0.3) is 0 Å². The second-order valence-corrected chi connectivity index (χ2v) is 4.62. The lowest BCUT2D eigenvalue weighted by atomic mass is 10.2. The Hall–Kier alpha value is -1.20. The molecule has 5 heteroatoms. The fourth-order valence-electron chi connectivity index (χ4n) is 1.30. The van der Waals surface area contributed by atoms with E-state index in [-0.39, 0.29) is 5.56 Å². The lowest BCUT2D eigenvalue weighted by Crippen LogP contribution is -2.30. The summed E-state index contributed by atoms with van der Waals surface area (Å²) < 4.78 is 5.04. The monoisotopic (exact) mass is 225 g/mol. The van der Waals surface area contributed by atoms with Crippen molar-refractivity contribution in [1.82, 2.24) is 0 Å². The van der Waals surface area contributed by atoms with Crippen LogP contribution in [0.2, 0.25) is 0 Å². The van der Waals surface area contributed by atoms with E-state index in [0.717, 1.165) is 0 Å². The average Bonchev–Trinajstić information content (AvgIpc) is 2.12.